The number of nitrogens with zero attached hydrogens (tertiary/aromatic N) is 2. The Balaban J connectivity index is 1.98. The summed E-state index contributed by atoms with van der Waals surface area (Å²) in [7, 11) is 0. The minimum Gasteiger partial charge on any atom is -0.368 e. The average molecular weight is 305 g/mol. The van der Waals surface area contributed by atoms with Gasteiger partial charge in [0.05, 0.1) is 0 Å². The summed E-state index contributed by atoms with van der Waals surface area (Å²) in [6.45, 7) is 4.43. The number of hydrogen-bond donors (Lipinski definition) is 2. The molecule has 0 radical (unpaired) electrons. The highest BCUT2D eigenvalue weighted by molar-refractivity contribution is 6.30. The number of amides is 1. The molecule has 0 bridgehead atoms. The first-order valence-electron chi connectivity index (χ1n) is 6.66. The molecule has 0 spiro atoms. The molecular formula is C15H17ClN4O. The lowest BCUT2D eigenvalue weighted by molar-refractivity contribution is 0.0946. The SMILES string of the molecule is CC(C)Nc1cc(C(=O)NCc2ccc(Cl)cc2)ncn1. The standard InChI is InChI=1S/C15H17ClN4O/c1-10(2)20-14-7-13(18-9-19-14)15(21)17-8-11-3-5-12(16)6-4-11/h3-7,9-10H,8H2,1-2H3,(H,17,21)(H,18,19,20). The minimum atomic E-state index is -0.237. The van der Waals surface area contributed by atoms with Crippen molar-refractivity contribution in [3.63, 3.8) is 0 Å². The van der Waals surface area contributed by atoms with E-state index in [-0.39, 0.29) is 11.9 Å². The second-order valence-electron chi connectivity index (χ2n) is 4.90. The van der Waals surface area contributed by atoms with Crippen LogP contribution in [0.25, 0.3) is 0 Å². The Hall–Kier alpha value is -2.14. The smallest absolute Gasteiger partial charge is 0.270 e. The van der Waals surface area contributed by atoms with E-state index in [0.717, 1.165) is 5.56 Å². The molecule has 21 heavy (non-hydrogen) atoms. The molecule has 6 heteroatoms. The van der Waals surface area contributed by atoms with Gasteiger partial charge in [-0.3, -0.25) is 4.79 Å². The molecular weight excluding hydrogens is 288 g/mol. The highest BCUT2D eigenvalue weighted by Gasteiger charge is 2.09. The van der Waals surface area contributed by atoms with Crippen LogP contribution < -0.4 is 10.6 Å². The molecule has 2 aromatic rings. The van der Waals surface area contributed by atoms with Crippen LogP contribution in [-0.2, 0) is 6.54 Å². The third-order valence-electron chi connectivity index (χ3n) is 2.70. The molecule has 0 saturated heterocycles. The van der Waals surface area contributed by atoms with Gasteiger partial charge in [-0.1, -0.05) is 23.7 Å². The molecule has 0 saturated carbocycles. The van der Waals surface area contributed by atoms with Crippen LogP contribution in [0.2, 0.25) is 5.02 Å². The van der Waals surface area contributed by atoms with Crippen molar-refractivity contribution in [1.29, 1.82) is 0 Å². The van der Waals surface area contributed by atoms with E-state index in [0.29, 0.717) is 23.1 Å². The summed E-state index contributed by atoms with van der Waals surface area (Å²) in [5, 5.41) is 6.62. The number of carbonyl (C=O) groups is 1. The molecule has 0 aliphatic heterocycles. The van der Waals surface area contributed by atoms with Crippen LogP contribution in [0, 0.1) is 0 Å². The maximum atomic E-state index is 12.1. The lowest BCUT2D eigenvalue weighted by Gasteiger charge is -2.10. The number of rotatable bonds is 5. The molecule has 0 aliphatic carbocycles. The first-order valence-corrected chi connectivity index (χ1v) is 7.03. The summed E-state index contributed by atoms with van der Waals surface area (Å²) < 4.78 is 0. The summed E-state index contributed by atoms with van der Waals surface area (Å²) >= 11 is 5.82. The fourth-order valence-electron chi connectivity index (χ4n) is 1.73. The third kappa shape index (κ3) is 4.72. The minimum absolute atomic E-state index is 0.237. The highest BCUT2D eigenvalue weighted by Crippen LogP contribution is 2.10. The molecule has 1 aromatic heterocycles. The summed E-state index contributed by atoms with van der Waals surface area (Å²) in [6, 6.07) is 9.20. The van der Waals surface area contributed by atoms with Crippen molar-refractivity contribution < 1.29 is 4.79 Å². The van der Waals surface area contributed by atoms with Gasteiger partial charge < -0.3 is 10.6 Å². The molecule has 0 aliphatic rings. The van der Waals surface area contributed by atoms with Crippen molar-refractivity contribution >= 4 is 23.3 Å². The number of hydrogen-bond acceptors (Lipinski definition) is 4. The number of aromatic nitrogens is 2. The van der Waals surface area contributed by atoms with Gasteiger partial charge in [0.25, 0.3) is 5.91 Å². The van der Waals surface area contributed by atoms with Crippen molar-refractivity contribution in [1.82, 2.24) is 15.3 Å². The van der Waals surface area contributed by atoms with Crippen molar-refractivity contribution in [2.45, 2.75) is 26.4 Å². The van der Waals surface area contributed by atoms with Crippen LogP contribution >= 0.6 is 11.6 Å². The Bertz CT molecular complexity index is 613. The first-order chi connectivity index (χ1) is 10.0. The molecule has 5 nitrogen and oxygen atoms in total. The second-order valence-corrected chi connectivity index (χ2v) is 5.33. The van der Waals surface area contributed by atoms with Crippen molar-refractivity contribution in [2.75, 3.05) is 5.32 Å². The lowest BCUT2D eigenvalue weighted by Crippen LogP contribution is -2.24. The molecule has 0 fully saturated rings. The quantitative estimate of drug-likeness (QED) is 0.891. The Morgan fingerprint density at radius 1 is 1.24 bits per heavy atom. The monoisotopic (exact) mass is 304 g/mol. The van der Waals surface area contributed by atoms with E-state index in [1.165, 1.54) is 6.33 Å². The Morgan fingerprint density at radius 2 is 1.95 bits per heavy atom. The molecule has 0 atom stereocenters. The molecule has 0 unspecified atom stereocenters. The number of halogens is 1. The lowest BCUT2D eigenvalue weighted by atomic mass is 10.2. The maximum absolute atomic E-state index is 12.1. The first kappa shape index (κ1) is 15.3. The zero-order valence-electron chi connectivity index (χ0n) is 11.9. The van der Waals surface area contributed by atoms with Crippen molar-refractivity contribution in [2.24, 2.45) is 0 Å². The van der Waals surface area contributed by atoms with Crippen LogP contribution in [0.1, 0.15) is 29.9 Å². The molecule has 1 amide bonds. The van der Waals surface area contributed by atoms with Gasteiger partial charge in [0.15, 0.2) is 0 Å². The van der Waals surface area contributed by atoms with Gasteiger partial charge in [0, 0.05) is 23.7 Å². The number of nitrogens with one attached hydrogen (secondary N) is 2. The van der Waals surface area contributed by atoms with E-state index >= 15 is 0 Å². The summed E-state index contributed by atoms with van der Waals surface area (Å²) in [5.41, 5.74) is 1.31. The average Bonchev–Trinajstić information content (AvgIpc) is 2.46. The second kappa shape index (κ2) is 7.04. The van der Waals surface area contributed by atoms with E-state index in [9.17, 15) is 4.79 Å². The largest absolute Gasteiger partial charge is 0.368 e. The fraction of sp³-hybridized carbons (Fsp3) is 0.267. The zero-order valence-corrected chi connectivity index (χ0v) is 12.7. The van der Waals surface area contributed by atoms with Crippen LogP contribution in [-0.4, -0.2) is 21.9 Å². The van der Waals surface area contributed by atoms with Gasteiger partial charge in [-0.2, -0.15) is 0 Å². The third-order valence-corrected chi connectivity index (χ3v) is 2.95. The van der Waals surface area contributed by atoms with Gasteiger partial charge in [-0.15, -0.1) is 0 Å². The van der Waals surface area contributed by atoms with Gasteiger partial charge >= 0.3 is 0 Å². The van der Waals surface area contributed by atoms with Gasteiger partial charge in [-0.05, 0) is 31.5 Å². The number of anilines is 1. The van der Waals surface area contributed by atoms with E-state index in [1.807, 2.05) is 26.0 Å². The molecule has 1 aromatic carbocycles. The van der Waals surface area contributed by atoms with Crippen LogP contribution in [0.4, 0.5) is 5.82 Å². The normalized spacial score (nSPS) is 10.5. The van der Waals surface area contributed by atoms with E-state index in [4.69, 9.17) is 11.6 Å². The number of carbonyl (C=O) groups excluding carboxylic acids is 1. The Labute approximate surface area is 128 Å². The predicted octanol–water partition coefficient (Wildman–Crippen LogP) is 2.88. The molecule has 1 heterocycles. The van der Waals surface area contributed by atoms with Crippen molar-refractivity contribution in [3.05, 3.63) is 52.9 Å². The van der Waals surface area contributed by atoms with Crippen molar-refractivity contribution in [3.8, 4) is 0 Å². The predicted molar refractivity (Wildman–Crippen MR) is 83.4 cm³/mol. The highest BCUT2D eigenvalue weighted by atomic mass is 35.5. The fourth-order valence-corrected chi connectivity index (χ4v) is 1.86. The van der Waals surface area contributed by atoms with Gasteiger partial charge in [-0.25, -0.2) is 9.97 Å². The summed E-state index contributed by atoms with van der Waals surface area (Å²) in [4.78, 5) is 20.1. The van der Waals surface area contributed by atoms with Crippen LogP contribution in [0.5, 0.6) is 0 Å². The zero-order chi connectivity index (χ0) is 15.2. The number of benzene rings is 1. The van der Waals surface area contributed by atoms with E-state index in [2.05, 4.69) is 20.6 Å². The summed E-state index contributed by atoms with van der Waals surface area (Å²) in [5.74, 6) is 0.399. The maximum Gasteiger partial charge on any atom is 0.270 e. The van der Waals surface area contributed by atoms with Gasteiger partial charge in [0.2, 0.25) is 0 Å². The Kier molecular flexibility index (Phi) is 5.11. The Morgan fingerprint density at radius 3 is 2.62 bits per heavy atom. The van der Waals surface area contributed by atoms with Gasteiger partial charge in [0.1, 0.15) is 17.8 Å². The van der Waals surface area contributed by atoms with E-state index < -0.39 is 0 Å². The summed E-state index contributed by atoms with van der Waals surface area (Å²) in [6.07, 6.45) is 1.38. The topological polar surface area (TPSA) is 66.9 Å². The molecule has 2 N–H and O–H groups in total. The van der Waals surface area contributed by atoms with Crippen LogP contribution in [0.3, 0.4) is 0 Å². The van der Waals surface area contributed by atoms with Crippen LogP contribution in [0.15, 0.2) is 36.7 Å². The van der Waals surface area contributed by atoms with E-state index in [1.54, 1.807) is 18.2 Å². The molecule has 110 valence electrons. The molecule has 2 rings (SSSR count).